The molecule has 1 N–H and O–H groups in total. The van der Waals surface area contributed by atoms with Crippen LogP contribution in [0.1, 0.15) is 49.7 Å². The van der Waals surface area contributed by atoms with Crippen molar-refractivity contribution in [2.75, 3.05) is 0 Å². The van der Waals surface area contributed by atoms with Crippen LogP contribution >= 0.6 is 23.2 Å². The maximum Gasteiger partial charge on any atom is 0.124 e. The normalized spacial score (nSPS) is 30.0. The van der Waals surface area contributed by atoms with E-state index in [9.17, 15) is 4.39 Å². The molecule has 0 unspecified atom stereocenters. The lowest BCUT2D eigenvalue weighted by Gasteiger charge is -2.57. The van der Waals surface area contributed by atoms with E-state index >= 15 is 0 Å². The molecular formula is C24H26Cl2FNO. The molecule has 4 bridgehead atoms. The zero-order valence-corrected chi connectivity index (χ0v) is 17.9. The van der Waals surface area contributed by atoms with Crippen molar-refractivity contribution in [3.63, 3.8) is 0 Å². The number of nitrogens with one attached hydrogen (secondary N) is 1. The van der Waals surface area contributed by atoms with Gasteiger partial charge >= 0.3 is 0 Å². The monoisotopic (exact) mass is 433 g/mol. The third-order valence-corrected chi connectivity index (χ3v) is 7.70. The van der Waals surface area contributed by atoms with Gasteiger partial charge in [0.1, 0.15) is 18.2 Å². The molecule has 0 heterocycles. The number of halogens is 3. The van der Waals surface area contributed by atoms with E-state index in [2.05, 4.69) is 5.32 Å². The average Bonchev–Trinajstić information content (AvgIpc) is 2.66. The highest BCUT2D eigenvalue weighted by atomic mass is 35.5. The molecule has 0 amide bonds. The standard InChI is InChI=1S/C24H26Cl2FNO/c25-20-2-4-23(29-14-18-1-3-21(27)9-22(18)26)19(8-20)13-28-24-10-15-5-16(11-24)7-17(6-15)12-24/h1-4,8-9,15-17,28H,5-7,10-14H2. The first-order chi connectivity index (χ1) is 14.0. The summed E-state index contributed by atoms with van der Waals surface area (Å²) >= 11 is 12.4. The van der Waals surface area contributed by atoms with Crippen molar-refractivity contribution < 1.29 is 9.13 Å². The van der Waals surface area contributed by atoms with Gasteiger partial charge in [0.2, 0.25) is 0 Å². The molecule has 0 aliphatic heterocycles. The molecule has 0 saturated heterocycles. The molecule has 4 fully saturated rings. The number of hydrogen-bond donors (Lipinski definition) is 1. The van der Waals surface area contributed by atoms with E-state index in [4.69, 9.17) is 27.9 Å². The summed E-state index contributed by atoms with van der Waals surface area (Å²) in [4.78, 5) is 0. The van der Waals surface area contributed by atoms with Crippen LogP contribution in [0.15, 0.2) is 36.4 Å². The summed E-state index contributed by atoms with van der Waals surface area (Å²) in [6.45, 7) is 1.05. The molecule has 0 aromatic heterocycles. The van der Waals surface area contributed by atoms with Crippen molar-refractivity contribution in [3.05, 3.63) is 63.4 Å². The summed E-state index contributed by atoms with van der Waals surface area (Å²) in [5.74, 6) is 3.18. The van der Waals surface area contributed by atoms with Gasteiger partial charge in [0.05, 0.1) is 5.02 Å². The average molecular weight is 434 g/mol. The highest BCUT2D eigenvalue weighted by molar-refractivity contribution is 6.31. The zero-order valence-electron chi connectivity index (χ0n) is 16.4. The minimum absolute atomic E-state index is 0.286. The lowest BCUT2D eigenvalue weighted by Crippen LogP contribution is -2.58. The number of hydrogen-bond acceptors (Lipinski definition) is 2. The maximum atomic E-state index is 13.3. The maximum absolute atomic E-state index is 13.3. The molecule has 4 aliphatic rings. The van der Waals surface area contributed by atoms with E-state index in [1.54, 1.807) is 6.07 Å². The van der Waals surface area contributed by atoms with Crippen molar-refractivity contribution in [2.45, 2.75) is 57.2 Å². The Morgan fingerprint density at radius 3 is 2.28 bits per heavy atom. The number of rotatable bonds is 6. The molecule has 154 valence electrons. The van der Waals surface area contributed by atoms with Crippen LogP contribution < -0.4 is 10.1 Å². The van der Waals surface area contributed by atoms with Crippen LogP contribution in [0, 0.1) is 23.6 Å². The van der Waals surface area contributed by atoms with Gasteiger partial charge in [0.25, 0.3) is 0 Å². The molecule has 0 spiro atoms. The third-order valence-electron chi connectivity index (χ3n) is 7.11. The molecule has 5 heteroatoms. The molecule has 2 nitrogen and oxygen atoms in total. The predicted octanol–water partition coefficient (Wildman–Crippen LogP) is 6.77. The molecule has 4 aliphatic carbocycles. The van der Waals surface area contributed by atoms with Crippen molar-refractivity contribution in [2.24, 2.45) is 17.8 Å². The second-order valence-corrected chi connectivity index (χ2v) is 10.2. The topological polar surface area (TPSA) is 21.3 Å². The first-order valence-electron chi connectivity index (χ1n) is 10.6. The second-order valence-electron chi connectivity index (χ2n) is 9.33. The first-order valence-corrected chi connectivity index (χ1v) is 11.3. The largest absolute Gasteiger partial charge is 0.489 e. The molecule has 0 atom stereocenters. The van der Waals surface area contributed by atoms with Gasteiger partial charge in [-0.15, -0.1) is 0 Å². The second kappa shape index (κ2) is 7.76. The fraction of sp³-hybridized carbons (Fsp3) is 0.500. The van der Waals surface area contributed by atoms with Gasteiger partial charge in [-0.3, -0.25) is 0 Å². The number of benzene rings is 2. The Hall–Kier alpha value is -1.29. The van der Waals surface area contributed by atoms with Gasteiger partial charge in [0.15, 0.2) is 0 Å². The van der Waals surface area contributed by atoms with Crippen LogP contribution in [-0.2, 0) is 13.2 Å². The minimum Gasteiger partial charge on any atom is -0.489 e. The highest BCUT2D eigenvalue weighted by Gasteiger charge is 2.50. The molecule has 4 saturated carbocycles. The quantitative estimate of drug-likeness (QED) is 0.542. The van der Waals surface area contributed by atoms with Gasteiger partial charge in [-0.25, -0.2) is 4.39 Å². The SMILES string of the molecule is Fc1ccc(COc2ccc(Cl)cc2CNC23CC4CC(CC(C4)C2)C3)c(Cl)c1. The highest BCUT2D eigenvalue weighted by Crippen LogP contribution is 2.55. The Morgan fingerprint density at radius 1 is 0.931 bits per heavy atom. The van der Waals surface area contributed by atoms with E-state index in [1.807, 2.05) is 18.2 Å². The minimum atomic E-state index is -0.342. The molecule has 0 radical (unpaired) electrons. The van der Waals surface area contributed by atoms with Gasteiger partial charge in [-0.05, 0) is 86.6 Å². The number of ether oxygens (including phenoxy) is 1. The van der Waals surface area contributed by atoms with Gasteiger partial charge in [-0.2, -0.15) is 0 Å². The molecule has 29 heavy (non-hydrogen) atoms. The van der Waals surface area contributed by atoms with Crippen LogP contribution in [0.25, 0.3) is 0 Å². The Kier molecular flexibility index (Phi) is 5.26. The van der Waals surface area contributed by atoms with Crippen LogP contribution in [0.3, 0.4) is 0 Å². The molecule has 6 rings (SSSR count). The van der Waals surface area contributed by atoms with Crippen molar-refractivity contribution >= 4 is 23.2 Å². The third kappa shape index (κ3) is 4.15. The summed E-state index contributed by atoms with van der Waals surface area (Å²) < 4.78 is 19.3. The lowest BCUT2D eigenvalue weighted by molar-refractivity contribution is -0.0206. The van der Waals surface area contributed by atoms with E-state index < -0.39 is 0 Å². The Morgan fingerprint density at radius 2 is 1.62 bits per heavy atom. The lowest BCUT2D eigenvalue weighted by atomic mass is 9.53. The van der Waals surface area contributed by atoms with Gasteiger partial charge in [0, 0.05) is 28.2 Å². The van der Waals surface area contributed by atoms with Crippen molar-refractivity contribution in [1.82, 2.24) is 5.32 Å². The van der Waals surface area contributed by atoms with Crippen LogP contribution in [-0.4, -0.2) is 5.54 Å². The van der Waals surface area contributed by atoms with Crippen molar-refractivity contribution in [1.29, 1.82) is 0 Å². The Labute approximate surface area is 181 Å². The van der Waals surface area contributed by atoms with Crippen LogP contribution in [0.4, 0.5) is 4.39 Å². The summed E-state index contributed by atoms with van der Waals surface area (Å²) in [5, 5.41) is 5.00. The van der Waals surface area contributed by atoms with E-state index in [1.165, 1.54) is 50.7 Å². The summed E-state index contributed by atoms with van der Waals surface area (Å²) in [5.41, 5.74) is 2.11. The van der Waals surface area contributed by atoms with Gasteiger partial charge < -0.3 is 10.1 Å². The fourth-order valence-electron chi connectivity index (χ4n) is 6.23. The Balaban J connectivity index is 1.29. The van der Waals surface area contributed by atoms with Crippen molar-refractivity contribution in [3.8, 4) is 5.75 Å². The molecule has 2 aromatic rings. The molecule has 2 aromatic carbocycles. The first kappa shape index (κ1) is 19.7. The van der Waals surface area contributed by atoms with E-state index in [-0.39, 0.29) is 11.4 Å². The zero-order chi connectivity index (χ0) is 20.0. The summed E-state index contributed by atoms with van der Waals surface area (Å²) in [6, 6.07) is 10.1. The predicted molar refractivity (Wildman–Crippen MR) is 115 cm³/mol. The van der Waals surface area contributed by atoms with E-state index in [0.29, 0.717) is 16.7 Å². The van der Waals surface area contributed by atoms with E-state index in [0.717, 1.165) is 41.2 Å². The summed E-state index contributed by atoms with van der Waals surface area (Å²) in [6.07, 6.45) is 8.23. The van der Waals surface area contributed by atoms with Crippen LogP contribution in [0.5, 0.6) is 5.75 Å². The smallest absolute Gasteiger partial charge is 0.124 e. The summed E-state index contributed by atoms with van der Waals surface area (Å²) in [7, 11) is 0. The molecular weight excluding hydrogens is 408 g/mol. The van der Waals surface area contributed by atoms with Crippen LogP contribution in [0.2, 0.25) is 10.0 Å². The Bertz CT molecular complexity index is 880. The fourth-order valence-corrected chi connectivity index (χ4v) is 6.65. The van der Waals surface area contributed by atoms with Gasteiger partial charge in [-0.1, -0.05) is 29.3 Å².